The highest BCUT2D eigenvalue weighted by Crippen LogP contribution is 2.28. The lowest BCUT2D eigenvalue weighted by Crippen LogP contribution is -2.06. The molecule has 0 aliphatic rings. The maximum Gasteiger partial charge on any atom is 0.356 e. The second-order valence-corrected chi connectivity index (χ2v) is 5.95. The molecule has 3 rings (SSSR count). The summed E-state index contributed by atoms with van der Waals surface area (Å²) in [6, 6.07) is 4.73. The Kier molecular flexibility index (Phi) is 4.03. The maximum atomic E-state index is 11.6. The van der Waals surface area contributed by atoms with Gasteiger partial charge >= 0.3 is 5.97 Å². The quantitative estimate of drug-likeness (QED) is 0.484. The van der Waals surface area contributed by atoms with Gasteiger partial charge in [-0.05, 0) is 22.0 Å². The van der Waals surface area contributed by atoms with Gasteiger partial charge in [-0.15, -0.1) is 0 Å². The number of carbonyl (C=O) groups is 1. The molecule has 0 saturated carbocycles. The van der Waals surface area contributed by atoms with E-state index in [9.17, 15) is 4.79 Å². The molecule has 3 heterocycles. The summed E-state index contributed by atoms with van der Waals surface area (Å²) in [5.74, 6) is -0.577. The molecule has 0 bridgehead atoms. The molecule has 3 aromatic rings. The third kappa shape index (κ3) is 2.67. The molecule has 9 heteroatoms. The molecule has 0 amide bonds. The molecule has 0 radical (unpaired) electrons. The zero-order chi connectivity index (χ0) is 15.9. The molecule has 0 N–H and O–H groups in total. The van der Waals surface area contributed by atoms with Crippen LogP contribution in [0.15, 0.2) is 28.9 Å². The molecule has 0 fully saturated rings. The van der Waals surface area contributed by atoms with Gasteiger partial charge in [-0.2, -0.15) is 5.10 Å². The summed E-state index contributed by atoms with van der Waals surface area (Å²) in [7, 11) is 1.27. The van der Waals surface area contributed by atoms with Crippen molar-refractivity contribution in [1.29, 1.82) is 0 Å². The van der Waals surface area contributed by atoms with Crippen molar-refractivity contribution in [2.45, 2.75) is 0 Å². The largest absolute Gasteiger partial charge is 0.464 e. The molecule has 0 spiro atoms. The summed E-state index contributed by atoms with van der Waals surface area (Å²) in [5, 5.41) is 4.97. The lowest BCUT2D eigenvalue weighted by molar-refractivity contribution is 0.0594. The molecule has 3 aromatic heterocycles. The van der Waals surface area contributed by atoms with E-state index < -0.39 is 5.97 Å². The number of pyridine rings is 1. The van der Waals surface area contributed by atoms with E-state index in [-0.39, 0.29) is 10.8 Å². The smallest absolute Gasteiger partial charge is 0.356 e. The number of esters is 1. The van der Waals surface area contributed by atoms with Crippen molar-refractivity contribution < 1.29 is 9.53 Å². The normalized spacial score (nSPS) is 10.9. The van der Waals surface area contributed by atoms with E-state index in [0.29, 0.717) is 22.1 Å². The molecular formula is C13H7BrCl2N4O2. The van der Waals surface area contributed by atoms with Crippen molar-refractivity contribution in [1.82, 2.24) is 19.6 Å². The Morgan fingerprint density at radius 2 is 2.09 bits per heavy atom. The van der Waals surface area contributed by atoms with E-state index in [0.717, 1.165) is 4.47 Å². The van der Waals surface area contributed by atoms with Gasteiger partial charge in [-0.1, -0.05) is 23.2 Å². The fourth-order valence-electron chi connectivity index (χ4n) is 1.87. The Balaban J connectivity index is 2.17. The van der Waals surface area contributed by atoms with Crippen LogP contribution in [-0.2, 0) is 4.74 Å². The van der Waals surface area contributed by atoms with Crippen molar-refractivity contribution in [3.63, 3.8) is 0 Å². The molecule has 0 unspecified atom stereocenters. The molecule has 0 atom stereocenters. The van der Waals surface area contributed by atoms with E-state index in [1.807, 2.05) is 0 Å². The maximum absolute atomic E-state index is 11.6. The van der Waals surface area contributed by atoms with E-state index in [1.165, 1.54) is 17.7 Å². The van der Waals surface area contributed by atoms with Crippen molar-refractivity contribution in [2.75, 3.05) is 7.11 Å². The first-order chi connectivity index (χ1) is 10.5. The van der Waals surface area contributed by atoms with Gasteiger partial charge in [0.15, 0.2) is 11.3 Å². The molecule has 0 saturated heterocycles. The van der Waals surface area contributed by atoms with Gasteiger partial charge < -0.3 is 4.74 Å². The minimum atomic E-state index is -0.577. The Hall–Kier alpha value is -1.70. The van der Waals surface area contributed by atoms with Gasteiger partial charge in [0, 0.05) is 22.8 Å². The van der Waals surface area contributed by atoms with Gasteiger partial charge in [0.05, 0.1) is 12.1 Å². The highest BCUT2D eigenvalue weighted by Gasteiger charge is 2.16. The average Bonchev–Trinajstić information content (AvgIpc) is 2.90. The van der Waals surface area contributed by atoms with E-state index in [1.54, 1.807) is 18.3 Å². The Morgan fingerprint density at radius 3 is 2.77 bits per heavy atom. The van der Waals surface area contributed by atoms with Crippen LogP contribution in [-0.4, -0.2) is 32.7 Å². The van der Waals surface area contributed by atoms with Crippen LogP contribution < -0.4 is 0 Å². The topological polar surface area (TPSA) is 69.4 Å². The van der Waals surface area contributed by atoms with Crippen LogP contribution in [0.5, 0.6) is 0 Å². The second kappa shape index (κ2) is 5.83. The molecule has 0 aliphatic carbocycles. The minimum Gasteiger partial charge on any atom is -0.464 e. The first-order valence-corrected chi connectivity index (χ1v) is 7.50. The van der Waals surface area contributed by atoms with Crippen LogP contribution >= 0.6 is 39.1 Å². The summed E-state index contributed by atoms with van der Waals surface area (Å²) in [5.41, 5.74) is 1.48. The van der Waals surface area contributed by atoms with Crippen molar-refractivity contribution in [2.24, 2.45) is 0 Å². The number of carbonyl (C=O) groups excluding carboxylic acids is 1. The number of hydrogen-bond donors (Lipinski definition) is 0. The molecule has 22 heavy (non-hydrogen) atoms. The molecule has 112 valence electrons. The molecule has 6 nitrogen and oxygen atoms in total. The monoisotopic (exact) mass is 400 g/mol. The third-order valence-electron chi connectivity index (χ3n) is 2.83. The lowest BCUT2D eigenvalue weighted by atomic mass is 10.3. The number of hydrogen-bond acceptors (Lipinski definition) is 5. The molecule has 0 aliphatic heterocycles. The Labute approximate surface area is 143 Å². The van der Waals surface area contributed by atoms with Gasteiger partial charge in [0.2, 0.25) is 0 Å². The molecular weight excluding hydrogens is 395 g/mol. The number of ether oxygens (including phenoxy) is 1. The van der Waals surface area contributed by atoms with Crippen molar-refractivity contribution >= 4 is 50.7 Å². The molecule has 0 aromatic carbocycles. The summed E-state index contributed by atoms with van der Waals surface area (Å²) in [6.07, 6.45) is 1.61. The minimum absolute atomic E-state index is 0.0984. The summed E-state index contributed by atoms with van der Waals surface area (Å²) >= 11 is 15.6. The SMILES string of the molecule is COC(=O)c1cc(Cl)n2nc(-c3ncc(Br)cc3Cl)cc2n1. The van der Waals surface area contributed by atoms with Gasteiger partial charge in [-0.25, -0.2) is 14.3 Å². The highest BCUT2D eigenvalue weighted by atomic mass is 79.9. The van der Waals surface area contributed by atoms with Crippen LogP contribution in [0.1, 0.15) is 10.5 Å². The van der Waals surface area contributed by atoms with E-state index >= 15 is 0 Å². The average molecular weight is 402 g/mol. The number of halogens is 3. The van der Waals surface area contributed by atoms with Crippen LogP contribution in [0.2, 0.25) is 10.2 Å². The predicted molar refractivity (Wildman–Crippen MR) is 85.3 cm³/mol. The zero-order valence-corrected chi connectivity index (χ0v) is 14.1. The van der Waals surface area contributed by atoms with E-state index in [4.69, 9.17) is 23.2 Å². The fraction of sp³-hybridized carbons (Fsp3) is 0.0769. The van der Waals surface area contributed by atoms with Crippen LogP contribution in [0, 0.1) is 0 Å². The van der Waals surface area contributed by atoms with Gasteiger partial charge in [0.1, 0.15) is 16.5 Å². The standard InChI is InChI=1S/C13H7BrCl2N4O2/c1-22-13(21)9-3-10(16)20-11(18-9)4-8(19-20)12-7(15)2-6(14)5-17-12/h2-5H,1H3. The Bertz CT molecular complexity index is 897. The fourth-order valence-corrected chi connectivity index (χ4v) is 2.82. The summed E-state index contributed by atoms with van der Waals surface area (Å²) < 4.78 is 6.79. The van der Waals surface area contributed by atoms with Gasteiger partial charge in [-0.3, -0.25) is 4.98 Å². The number of fused-ring (bicyclic) bond motifs is 1. The van der Waals surface area contributed by atoms with Crippen LogP contribution in [0.25, 0.3) is 17.0 Å². The summed E-state index contributed by atoms with van der Waals surface area (Å²) in [6.45, 7) is 0. The Morgan fingerprint density at radius 1 is 1.32 bits per heavy atom. The van der Waals surface area contributed by atoms with Crippen LogP contribution in [0.3, 0.4) is 0 Å². The van der Waals surface area contributed by atoms with Crippen LogP contribution in [0.4, 0.5) is 0 Å². The van der Waals surface area contributed by atoms with Gasteiger partial charge in [0.25, 0.3) is 0 Å². The predicted octanol–water partition coefficient (Wildman–Crippen LogP) is 3.65. The first-order valence-electron chi connectivity index (χ1n) is 5.95. The number of nitrogens with zero attached hydrogens (tertiary/aromatic N) is 4. The lowest BCUT2D eigenvalue weighted by Gasteiger charge is -2.01. The zero-order valence-electron chi connectivity index (χ0n) is 11.0. The third-order valence-corrected chi connectivity index (χ3v) is 3.82. The number of rotatable bonds is 2. The summed E-state index contributed by atoms with van der Waals surface area (Å²) in [4.78, 5) is 20.0. The number of methoxy groups -OCH3 is 1. The van der Waals surface area contributed by atoms with Crippen molar-refractivity contribution in [3.05, 3.63) is 44.7 Å². The second-order valence-electron chi connectivity index (χ2n) is 4.24. The first kappa shape index (κ1) is 15.2. The number of aromatic nitrogens is 4. The van der Waals surface area contributed by atoms with Crippen molar-refractivity contribution in [3.8, 4) is 11.4 Å². The van der Waals surface area contributed by atoms with E-state index in [2.05, 4.69) is 35.7 Å². The highest BCUT2D eigenvalue weighted by molar-refractivity contribution is 9.10.